The van der Waals surface area contributed by atoms with Crippen molar-refractivity contribution < 1.29 is 0 Å². The molecule has 0 amide bonds. The summed E-state index contributed by atoms with van der Waals surface area (Å²) in [6, 6.07) is 6.55. The van der Waals surface area contributed by atoms with Gasteiger partial charge >= 0.3 is 0 Å². The molecular weight excluding hydrogens is 336 g/mol. The first kappa shape index (κ1) is 20.9. The summed E-state index contributed by atoms with van der Waals surface area (Å²) in [5.41, 5.74) is 3.20. The van der Waals surface area contributed by atoms with Gasteiger partial charge in [0.25, 0.3) is 0 Å². The van der Waals surface area contributed by atoms with Crippen molar-refractivity contribution in [3.63, 3.8) is 0 Å². The molecule has 6 nitrogen and oxygen atoms in total. The van der Waals surface area contributed by atoms with Gasteiger partial charge in [-0.3, -0.25) is 4.99 Å². The monoisotopic (exact) mass is 370 g/mol. The highest BCUT2D eigenvalue weighted by Crippen LogP contribution is 2.10. The summed E-state index contributed by atoms with van der Waals surface area (Å²) in [5, 5.41) is 11.3. The van der Waals surface area contributed by atoms with Gasteiger partial charge in [-0.2, -0.15) is 5.10 Å². The van der Waals surface area contributed by atoms with E-state index in [4.69, 9.17) is 0 Å². The largest absolute Gasteiger partial charge is 0.354 e. The van der Waals surface area contributed by atoms with Gasteiger partial charge in [0.1, 0.15) is 0 Å². The van der Waals surface area contributed by atoms with Crippen LogP contribution in [0.15, 0.2) is 29.4 Å². The molecule has 1 unspecified atom stereocenters. The number of hydrogen-bond donors (Lipinski definition) is 2. The van der Waals surface area contributed by atoms with Gasteiger partial charge in [-0.25, -0.2) is 9.67 Å². The zero-order valence-corrected chi connectivity index (χ0v) is 17.4. The maximum atomic E-state index is 4.55. The predicted octanol–water partition coefficient (Wildman–Crippen LogP) is 3.91. The Hall–Kier alpha value is -2.37. The molecule has 0 fully saturated rings. The van der Waals surface area contributed by atoms with E-state index in [9.17, 15) is 0 Å². The second-order valence-electron chi connectivity index (χ2n) is 7.18. The Morgan fingerprint density at radius 2 is 2.04 bits per heavy atom. The van der Waals surface area contributed by atoms with Gasteiger partial charge in [-0.05, 0) is 44.9 Å². The molecule has 0 spiro atoms. The molecule has 148 valence electrons. The summed E-state index contributed by atoms with van der Waals surface area (Å²) >= 11 is 0. The molecule has 2 aromatic rings. The first-order chi connectivity index (χ1) is 13.0. The zero-order valence-electron chi connectivity index (χ0n) is 17.4. The van der Waals surface area contributed by atoms with Gasteiger partial charge in [-0.1, -0.05) is 38.7 Å². The predicted molar refractivity (Wildman–Crippen MR) is 112 cm³/mol. The lowest BCUT2D eigenvalue weighted by Gasteiger charge is -2.18. The number of rotatable bonds is 9. The van der Waals surface area contributed by atoms with E-state index in [1.165, 1.54) is 32.1 Å². The highest BCUT2D eigenvalue weighted by molar-refractivity contribution is 5.79. The number of guanidine groups is 1. The Balaban J connectivity index is 1.83. The number of pyridine rings is 1. The maximum absolute atomic E-state index is 4.55. The molecule has 2 heterocycles. The fraction of sp³-hybridized carbons (Fsp3) is 0.571. The molecule has 2 N–H and O–H groups in total. The van der Waals surface area contributed by atoms with Crippen LogP contribution >= 0.6 is 0 Å². The van der Waals surface area contributed by atoms with Crippen LogP contribution in [-0.4, -0.2) is 33.8 Å². The number of unbranched alkanes of at least 4 members (excludes halogenated alkanes) is 3. The molecule has 0 radical (unpaired) electrons. The smallest absolute Gasteiger partial charge is 0.191 e. The van der Waals surface area contributed by atoms with E-state index >= 15 is 0 Å². The van der Waals surface area contributed by atoms with Crippen molar-refractivity contribution in [3.8, 4) is 5.82 Å². The zero-order chi connectivity index (χ0) is 19.6. The van der Waals surface area contributed by atoms with Crippen LogP contribution in [0.25, 0.3) is 5.82 Å². The van der Waals surface area contributed by atoms with E-state index in [1.54, 1.807) is 0 Å². The number of aliphatic imine (C=N–C) groups is 1. The van der Waals surface area contributed by atoms with Crippen LogP contribution < -0.4 is 10.6 Å². The molecule has 0 aliphatic carbocycles. The molecule has 6 heteroatoms. The summed E-state index contributed by atoms with van der Waals surface area (Å²) in [6.07, 6.45) is 8.22. The van der Waals surface area contributed by atoms with Crippen molar-refractivity contribution in [1.82, 2.24) is 25.4 Å². The van der Waals surface area contributed by atoms with Crippen molar-refractivity contribution in [2.24, 2.45) is 4.99 Å². The third kappa shape index (κ3) is 6.70. The molecule has 1 atom stereocenters. The van der Waals surface area contributed by atoms with Crippen molar-refractivity contribution in [2.75, 3.05) is 7.05 Å². The van der Waals surface area contributed by atoms with Crippen LogP contribution in [0.4, 0.5) is 0 Å². The van der Waals surface area contributed by atoms with Gasteiger partial charge in [-0.15, -0.1) is 0 Å². The molecule has 0 saturated carbocycles. The summed E-state index contributed by atoms with van der Waals surface area (Å²) < 4.78 is 1.87. The number of aromatic nitrogens is 3. The summed E-state index contributed by atoms with van der Waals surface area (Å²) in [6.45, 7) is 9.17. The average molecular weight is 371 g/mol. The second kappa shape index (κ2) is 10.7. The summed E-state index contributed by atoms with van der Waals surface area (Å²) in [5.74, 6) is 1.67. The topological polar surface area (TPSA) is 67.1 Å². The van der Waals surface area contributed by atoms with Crippen LogP contribution in [0.5, 0.6) is 0 Å². The van der Waals surface area contributed by atoms with Crippen LogP contribution in [0.1, 0.15) is 62.9 Å². The van der Waals surface area contributed by atoms with E-state index in [2.05, 4.69) is 51.7 Å². The minimum Gasteiger partial charge on any atom is -0.354 e. The highest BCUT2D eigenvalue weighted by atomic mass is 15.3. The fourth-order valence-electron chi connectivity index (χ4n) is 3.07. The Morgan fingerprint density at radius 1 is 1.22 bits per heavy atom. The van der Waals surface area contributed by atoms with Gasteiger partial charge in [0.2, 0.25) is 0 Å². The Morgan fingerprint density at radius 3 is 2.63 bits per heavy atom. The number of hydrogen-bond acceptors (Lipinski definition) is 3. The van der Waals surface area contributed by atoms with Crippen molar-refractivity contribution in [3.05, 3.63) is 41.3 Å². The van der Waals surface area contributed by atoms with Crippen molar-refractivity contribution >= 4 is 5.96 Å². The van der Waals surface area contributed by atoms with Gasteiger partial charge in [0.15, 0.2) is 11.8 Å². The SMILES string of the molecule is CCCCCCC(C)NC(=NC)NCc1ccc(-n2nc(C)cc2C)nc1. The molecule has 2 rings (SSSR count). The number of aryl methyl sites for hydroxylation is 2. The molecule has 0 aromatic carbocycles. The van der Waals surface area contributed by atoms with E-state index in [0.717, 1.165) is 28.7 Å². The van der Waals surface area contributed by atoms with Crippen LogP contribution in [-0.2, 0) is 6.54 Å². The van der Waals surface area contributed by atoms with Crippen LogP contribution in [0, 0.1) is 13.8 Å². The van der Waals surface area contributed by atoms with Gasteiger partial charge in [0, 0.05) is 31.5 Å². The summed E-state index contributed by atoms with van der Waals surface area (Å²) in [7, 11) is 1.81. The first-order valence-electron chi connectivity index (χ1n) is 9.99. The standard InChI is InChI=1S/C21H34N6/c1-6-7-8-9-10-16(2)25-21(22-5)24-15-19-11-12-20(23-14-19)27-18(4)13-17(3)26-27/h11-14,16H,6-10,15H2,1-5H3,(H2,22,24,25). The lowest BCUT2D eigenvalue weighted by Crippen LogP contribution is -2.41. The van der Waals surface area contributed by atoms with Crippen molar-refractivity contribution in [1.29, 1.82) is 0 Å². The van der Waals surface area contributed by atoms with E-state index in [1.807, 2.05) is 37.8 Å². The second-order valence-corrected chi connectivity index (χ2v) is 7.18. The lowest BCUT2D eigenvalue weighted by molar-refractivity contribution is 0.537. The molecule has 0 saturated heterocycles. The quantitative estimate of drug-likeness (QED) is 0.399. The Kier molecular flexibility index (Phi) is 8.30. The minimum atomic E-state index is 0.416. The number of nitrogens with one attached hydrogen (secondary N) is 2. The third-order valence-electron chi connectivity index (χ3n) is 4.59. The van der Waals surface area contributed by atoms with Gasteiger partial charge < -0.3 is 10.6 Å². The first-order valence-corrected chi connectivity index (χ1v) is 9.99. The molecule has 0 aliphatic heterocycles. The van der Waals surface area contributed by atoms with E-state index < -0.39 is 0 Å². The molecule has 27 heavy (non-hydrogen) atoms. The molecule has 0 bridgehead atoms. The Bertz CT molecular complexity index is 717. The lowest BCUT2D eigenvalue weighted by atomic mass is 10.1. The maximum Gasteiger partial charge on any atom is 0.191 e. The molecule has 0 aliphatic rings. The normalized spacial score (nSPS) is 12.9. The molecule has 2 aromatic heterocycles. The molecular formula is C21H34N6. The van der Waals surface area contributed by atoms with E-state index in [-0.39, 0.29) is 0 Å². The average Bonchev–Trinajstić information content (AvgIpc) is 3.01. The van der Waals surface area contributed by atoms with E-state index in [0.29, 0.717) is 12.6 Å². The van der Waals surface area contributed by atoms with Crippen LogP contribution in [0.3, 0.4) is 0 Å². The minimum absolute atomic E-state index is 0.416. The van der Waals surface area contributed by atoms with Gasteiger partial charge in [0.05, 0.1) is 5.69 Å². The number of nitrogens with zero attached hydrogens (tertiary/aromatic N) is 4. The fourth-order valence-corrected chi connectivity index (χ4v) is 3.07. The Labute approximate surface area is 163 Å². The summed E-state index contributed by atoms with van der Waals surface area (Å²) in [4.78, 5) is 8.87. The van der Waals surface area contributed by atoms with Crippen LogP contribution in [0.2, 0.25) is 0 Å². The van der Waals surface area contributed by atoms with Crippen molar-refractivity contribution in [2.45, 2.75) is 72.4 Å². The third-order valence-corrected chi connectivity index (χ3v) is 4.59. The highest BCUT2D eigenvalue weighted by Gasteiger charge is 2.07.